The van der Waals surface area contributed by atoms with Gasteiger partial charge in [0.05, 0.1) is 12.5 Å². The first-order valence-electron chi connectivity index (χ1n) is 10.2. The minimum absolute atomic E-state index is 0.0900. The van der Waals surface area contributed by atoms with E-state index in [2.05, 4.69) is 31.1 Å². The van der Waals surface area contributed by atoms with Crippen molar-refractivity contribution in [3.8, 4) is 0 Å². The molecule has 0 spiro atoms. The van der Waals surface area contributed by atoms with Crippen LogP contribution in [0.1, 0.15) is 45.9 Å². The predicted octanol–water partition coefficient (Wildman–Crippen LogP) is 4.72. The highest BCUT2D eigenvalue weighted by atomic mass is 35.5. The molecule has 0 saturated carbocycles. The Hall–Kier alpha value is -2.41. The highest BCUT2D eigenvalue weighted by molar-refractivity contribution is 7.13. The van der Waals surface area contributed by atoms with Crippen LogP contribution in [0.4, 0.5) is 0 Å². The maximum absolute atomic E-state index is 12.5. The second-order valence-electron chi connectivity index (χ2n) is 7.43. The van der Waals surface area contributed by atoms with Crippen molar-refractivity contribution in [2.75, 3.05) is 13.6 Å². The number of hydrogen-bond acceptors (Lipinski definition) is 4. The number of likely N-dealkylation sites (N-methyl/N-ethyl adjacent to an activating group) is 1. The van der Waals surface area contributed by atoms with Crippen molar-refractivity contribution in [2.24, 2.45) is 0 Å². The molecule has 3 rings (SSSR count). The second-order valence-corrected chi connectivity index (χ2v) is 9.09. The van der Waals surface area contributed by atoms with Crippen molar-refractivity contribution >= 4 is 40.3 Å². The summed E-state index contributed by atoms with van der Waals surface area (Å²) in [6, 6.07) is 7.52. The third-order valence-corrected chi connectivity index (χ3v) is 6.95. The first kappa shape index (κ1) is 23.3. The van der Waals surface area contributed by atoms with Crippen LogP contribution in [0.25, 0.3) is 5.57 Å². The van der Waals surface area contributed by atoms with Gasteiger partial charge in [-0.25, -0.2) is 0 Å². The molecule has 1 unspecified atom stereocenters. The Bertz CT molecular complexity index is 1040. The van der Waals surface area contributed by atoms with Crippen molar-refractivity contribution in [1.29, 1.82) is 0 Å². The number of benzene rings is 1. The Morgan fingerprint density at radius 3 is 2.55 bits per heavy atom. The number of amides is 2. The van der Waals surface area contributed by atoms with E-state index in [0.717, 1.165) is 26.4 Å². The summed E-state index contributed by atoms with van der Waals surface area (Å²) in [5.74, 6) is -0.409. The number of hydrogen-bond donors (Lipinski definition) is 2. The van der Waals surface area contributed by atoms with E-state index in [-0.39, 0.29) is 18.2 Å². The normalized spacial score (nSPS) is 19.6. The van der Waals surface area contributed by atoms with Gasteiger partial charge < -0.3 is 15.4 Å². The summed E-state index contributed by atoms with van der Waals surface area (Å²) in [5, 5.41) is 6.08. The lowest BCUT2D eigenvalue weighted by Gasteiger charge is -2.24. The quantitative estimate of drug-likeness (QED) is 0.637. The van der Waals surface area contributed by atoms with E-state index in [1.807, 2.05) is 31.2 Å². The van der Waals surface area contributed by atoms with Crippen molar-refractivity contribution in [3.63, 3.8) is 0 Å². The molecule has 0 fully saturated rings. The third kappa shape index (κ3) is 4.92. The minimum atomic E-state index is -0.628. The van der Waals surface area contributed by atoms with Crippen molar-refractivity contribution in [3.05, 3.63) is 74.0 Å². The largest absolute Gasteiger partial charge is 0.360 e. The fraction of sp³-hybridized carbons (Fsp3) is 0.333. The summed E-state index contributed by atoms with van der Waals surface area (Å²) in [5.41, 5.74) is 4.41. The van der Waals surface area contributed by atoms with Crippen LogP contribution < -0.4 is 10.6 Å². The maximum Gasteiger partial charge on any atom is 0.244 e. The zero-order valence-electron chi connectivity index (χ0n) is 18.2. The number of rotatable bonds is 5. The molecule has 2 atom stereocenters. The zero-order chi connectivity index (χ0) is 22.7. The number of ether oxygens (including phenoxy) is 1. The number of nitrogens with one attached hydrogen (secondary N) is 2. The summed E-state index contributed by atoms with van der Waals surface area (Å²) >= 11 is 7.74. The highest BCUT2D eigenvalue weighted by Gasteiger charge is 2.35. The Morgan fingerprint density at radius 2 is 1.94 bits per heavy atom. The average molecular weight is 459 g/mol. The lowest BCUT2D eigenvalue weighted by molar-refractivity contribution is -0.124. The fourth-order valence-corrected chi connectivity index (χ4v) is 4.99. The molecule has 31 heavy (non-hydrogen) atoms. The van der Waals surface area contributed by atoms with Crippen LogP contribution in [-0.4, -0.2) is 31.5 Å². The lowest BCUT2D eigenvalue weighted by atomic mass is 9.93. The molecule has 2 heterocycles. The molecule has 0 saturated heterocycles. The number of carbonyl (C=O) groups excluding carboxylic acids is 2. The molecule has 2 aromatic rings. The number of carbonyl (C=O) groups is 2. The SMILES string of the molecule is C=C1/C(=C\C(=O)NC)[C@H](CC(=O)NCC)OC(c2ccc(Cl)cc2)c2c1sc(C)c2C. The monoisotopic (exact) mass is 458 g/mol. The van der Waals surface area contributed by atoms with Crippen LogP contribution in [0.5, 0.6) is 0 Å². The molecule has 1 aliphatic rings. The standard InChI is InChI=1S/C24H27ClN2O3S/c1-6-27-21(29)12-19-18(11-20(28)26-5)14(3)24-22(13(2)15(4)31-24)23(30-19)16-7-9-17(25)10-8-16/h7-11,19,23H,3,6,12H2,1-2,4-5H3,(H,26,28)(H,27,29)/b18-11+/t19-,23?/m0/s1. The van der Waals surface area contributed by atoms with E-state index in [9.17, 15) is 9.59 Å². The molecule has 2 amide bonds. The van der Waals surface area contributed by atoms with Crippen LogP contribution in [0.3, 0.4) is 0 Å². The Balaban J connectivity index is 2.19. The van der Waals surface area contributed by atoms with Gasteiger partial charge in [-0.05, 0) is 55.2 Å². The Kier molecular flexibility index (Phi) is 7.36. The highest BCUT2D eigenvalue weighted by Crippen LogP contribution is 2.47. The topological polar surface area (TPSA) is 67.4 Å². The summed E-state index contributed by atoms with van der Waals surface area (Å²) in [4.78, 5) is 26.9. The maximum atomic E-state index is 12.5. The number of halogens is 1. The second kappa shape index (κ2) is 9.81. The van der Waals surface area contributed by atoms with Gasteiger partial charge in [0.2, 0.25) is 11.8 Å². The van der Waals surface area contributed by atoms with Gasteiger partial charge in [-0.2, -0.15) is 0 Å². The van der Waals surface area contributed by atoms with Gasteiger partial charge in [0, 0.05) is 40.0 Å². The average Bonchev–Trinajstić information content (AvgIpc) is 2.98. The molecule has 164 valence electrons. The van der Waals surface area contributed by atoms with Crippen LogP contribution in [-0.2, 0) is 14.3 Å². The minimum Gasteiger partial charge on any atom is -0.360 e. The molecule has 1 aromatic heterocycles. The molecule has 2 N–H and O–H groups in total. The summed E-state index contributed by atoms with van der Waals surface area (Å²) in [6.07, 6.45) is 0.539. The third-order valence-electron chi connectivity index (χ3n) is 5.41. The molecule has 0 aliphatic carbocycles. The predicted molar refractivity (Wildman–Crippen MR) is 126 cm³/mol. The molecule has 7 heteroatoms. The van der Waals surface area contributed by atoms with E-state index >= 15 is 0 Å². The van der Waals surface area contributed by atoms with Gasteiger partial charge in [0.15, 0.2) is 0 Å². The summed E-state index contributed by atoms with van der Waals surface area (Å²) in [7, 11) is 1.57. The molecule has 1 aliphatic heterocycles. The van der Waals surface area contributed by atoms with Gasteiger partial charge >= 0.3 is 0 Å². The van der Waals surface area contributed by atoms with Gasteiger partial charge in [-0.1, -0.05) is 30.3 Å². The molecule has 5 nitrogen and oxygen atoms in total. The number of fused-ring (bicyclic) bond motifs is 1. The van der Waals surface area contributed by atoms with Crippen LogP contribution in [0.2, 0.25) is 5.02 Å². The van der Waals surface area contributed by atoms with E-state index in [4.69, 9.17) is 16.3 Å². The van der Waals surface area contributed by atoms with Gasteiger partial charge in [-0.15, -0.1) is 11.3 Å². The van der Waals surface area contributed by atoms with Gasteiger partial charge in [0.25, 0.3) is 0 Å². The lowest BCUT2D eigenvalue weighted by Crippen LogP contribution is -2.30. The summed E-state index contributed by atoms with van der Waals surface area (Å²) in [6.45, 7) is 10.8. The first-order chi connectivity index (χ1) is 14.8. The van der Waals surface area contributed by atoms with E-state index in [1.54, 1.807) is 18.4 Å². The molecule has 0 radical (unpaired) electrons. The molecule has 1 aromatic carbocycles. The zero-order valence-corrected chi connectivity index (χ0v) is 19.7. The van der Waals surface area contributed by atoms with E-state index in [1.165, 1.54) is 6.08 Å². The van der Waals surface area contributed by atoms with E-state index < -0.39 is 12.2 Å². The molecular weight excluding hydrogens is 432 g/mol. The first-order valence-corrected chi connectivity index (χ1v) is 11.4. The van der Waals surface area contributed by atoms with Gasteiger partial charge in [-0.3, -0.25) is 9.59 Å². The molecular formula is C24H27ClN2O3S. The van der Waals surface area contributed by atoms with Crippen LogP contribution in [0, 0.1) is 13.8 Å². The van der Waals surface area contributed by atoms with Crippen LogP contribution >= 0.6 is 22.9 Å². The fourth-order valence-electron chi connectivity index (χ4n) is 3.69. The smallest absolute Gasteiger partial charge is 0.244 e. The number of aryl methyl sites for hydroxylation is 1. The van der Waals surface area contributed by atoms with Crippen molar-refractivity contribution in [1.82, 2.24) is 10.6 Å². The van der Waals surface area contributed by atoms with Crippen molar-refractivity contribution in [2.45, 2.75) is 39.4 Å². The van der Waals surface area contributed by atoms with E-state index in [0.29, 0.717) is 22.7 Å². The Labute approximate surface area is 192 Å². The summed E-state index contributed by atoms with van der Waals surface area (Å²) < 4.78 is 6.60. The number of thiophene rings is 1. The van der Waals surface area contributed by atoms with Crippen LogP contribution in [0.15, 0.2) is 42.5 Å². The Morgan fingerprint density at radius 1 is 1.26 bits per heavy atom. The van der Waals surface area contributed by atoms with Gasteiger partial charge in [0.1, 0.15) is 6.10 Å². The van der Waals surface area contributed by atoms with Crippen molar-refractivity contribution < 1.29 is 14.3 Å². The molecule has 0 bridgehead atoms.